The molecule has 2 N–H and O–H groups in total. The van der Waals surface area contributed by atoms with E-state index in [2.05, 4.69) is 10.6 Å². The molecule has 2 aromatic carbocycles. The second-order valence-electron chi connectivity index (χ2n) is 6.57. The molecule has 0 saturated carbocycles. The molecule has 0 atom stereocenters. The first-order chi connectivity index (χ1) is 13.0. The van der Waals surface area contributed by atoms with Crippen molar-refractivity contribution in [2.75, 3.05) is 25.0 Å². The average Bonchev–Trinajstić information content (AvgIpc) is 2.67. The topological polar surface area (TPSA) is 61.4 Å². The van der Waals surface area contributed by atoms with Crippen LogP contribution in [-0.2, 0) is 4.79 Å². The smallest absolute Gasteiger partial charge is 0.251 e. The van der Waals surface area contributed by atoms with Gasteiger partial charge in [0.1, 0.15) is 5.82 Å². The quantitative estimate of drug-likeness (QED) is 0.824. The monoisotopic (exact) mass is 389 g/mol. The van der Waals surface area contributed by atoms with Crippen molar-refractivity contribution in [1.82, 2.24) is 10.2 Å². The Labute approximate surface area is 162 Å². The summed E-state index contributed by atoms with van der Waals surface area (Å²) in [5.41, 5.74) is 1.12. The highest BCUT2D eigenvalue weighted by atomic mass is 35.5. The first-order valence-electron chi connectivity index (χ1n) is 8.84. The van der Waals surface area contributed by atoms with Gasteiger partial charge in [0.05, 0.1) is 11.6 Å². The maximum atomic E-state index is 13.2. The summed E-state index contributed by atoms with van der Waals surface area (Å²) in [6.45, 7) is 1.68. The Hall–Kier alpha value is -2.44. The van der Waals surface area contributed by atoms with Crippen LogP contribution in [0.1, 0.15) is 23.2 Å². The van der Waals surface area contributed by atoms with E-state index in [9.17, 15) is 14.0 Å². The normalized spacial score (nSPS) is 15.3. The maximum absolute atomic E-state index is 13.2. The van der Waals surface area contributed by atoms with Crippen LogP contribution in [-0.4, -0.2) is 42.4 Å². The molecule has 1 fully saturated rings. The van der Waals surface area contributed by atoms with E-state index in [4.69, 9.17) is 11.6 Å². The van der Waals surface area contributed by atoms with Crippen molar-refractivity contribution in [3.8, 4) is 0 Å². The van der Waals surface area contributed by atoms with Crippen LogP contribution in [0.5, 0.6) is 0 Å². The number of amides is 2. The molecular formula is C20H21ClFN3O2. The molecular weight excluding hydrogens is 369 g/mol. The molecule has 0 aromatic heterocycles. The maximum Gasteiger partial charge on any atom is 0.251 e. The predicted molar refractivity (Wildman–Crippen MR) is 103 cm³/mol. The van der Waals surface area contributed by atoms with Crippen LogP contribution in [0.25, 0.3) is 0 Å². The van der Waals surface area contributed by atoms with Gasteiger partial charge < -0.3 is 10.6 Å². The Morgan fingerprint density at radius 3 is 2.48 bits per heavy atom. The molecule has 0 unspecified atom stereocenters. The van der Waals surface area contributed by atoms with Gasteiger partial charge in [-0.05, 0) is 43.2 Å². The van der Waals surface area contributed by atoms with Crippen LogP contribution in [0.3, 0.4) is 0 Å². The average molecular weight is 390 g/mol. The standard InChI is InChI=1S/C20H21ClFN3O2/c21-17-12-16(6-7-18(17)22)23-19(26)13-25-10-8-15(9-11-25)24-20(27)14-4-2-1-3-5-14/h1-7,12,15H,8-11,13H2,(H,23,26)(H,24,27). The van der Waals surface area contributed by atoms with Gasteiger partial charge in [-0.15, -0.1) is 0 Å². The van der Waals surface area contributed by atoms with E-state index in [0.29, 0.717) is 11.3 Å². The number of hydrogen-bond acceptors (Lipinski definition) is 3. The van der Waals surface area contributed by atoms with Crippen LogP contribution in [0.4, 0.5) is 10.1 Å². The second kappa shape index (κ2) is 8.97. The van der Waals surface area contributed by atoms with Crippen molar-refractivity contribution >= 4 is 29.1 Å². The Kier molecular flexibility index (Phi) is 6.42. The number of rotatable bonds is 5. The SMILES string of the molecule is O=C(CN1CCC(NC(=O)c2ccccc2)CC1)Nc1ccc(F)c(Cl)c1. The minimum Gasteiger partial charge on any atom is -0.349 e. The van der Waals surface area contributed by atoms with Crippen molar-refractivity contribution < 1.29 is 14.0 Å². The van der Waals surface area contributed by atoms with Crippen LogP contribution in [0, 0.1) is 5.82 Å². The number of halogens is 2. The molecule has 2 amide bonds. The summed E-state index contributed by atoms with van der Waals surface area (Å²) in [6.07, 6.45) is 1.57. The minimum absolute atomic E-state index is 0.0252. The molecule has 1 saturated heterocycles. The molecule has 1 aliphatic rings. The molecule has 1 aliphatic heterocycles. The summed E-state index contributed by atoms with van der Waals surface area (Å²) in [7, 11) is 0. The number of nitrogens with zero attached hydrogens (tertiary/aromatic N) is 1. The lowest BCUT2D eigenvalue weighted by Crippen LogP contribution is -2.46. The number of carbonyl (C=O) groups is 2. The number of piperidine rings is 1. The minimum atomic E-state index is -0.519. The molecule has 5 nitrogen and oxygen atoms in total. The highest BCUT2D eigenvalue weighted by molar-refractivity contribution is 6.31. The third-order valence-electron chi connectivity index (χ3n) is 4.53. The third-order valence-corrected chi connectivity index (χ3v) is 4.82. The van der Waals surface area contributed by atoms with Crippen molar-refractivity contribution in [2.24, 2.45) is 0 Å². The van der Waals surface area contributed by atoms with E-state index < -0.39 is 5.82 Å². The van der Waals surface area contributed by atoms with E-state index in [1.54, 1.807) is 12.1 Å². The van der Waals surface area contributed by atoms with Gasteiger partial charge in [-0.3, -0.25) is 14.5 Å². The van der Waals surface area contributed by atoms with E-state index in [1.165, 1.54) is 18.2 Å². The molecule has 0 spiro atoms. The lowest BCUT2D eigenvalue weighted by molar-refractivity contribution is -0.117. The van der Waals surface area contributed by atoms with Gasteiger partial charge in [0.15, 0.2) is 0 Å². The Balaban J connectivity index is 1.43. The summed E-state index contributed by atoms with van der Waals surface area (Å²) in [6, 6.07) is 13.3. The van der Waals surface area contributed by atoms with Crippen LogP contribution in [0.2, 0.25) is 5.02 Å². The molecule has 3 rings (SSSR count). The largest absolute Gasteiger partial charge is 0.349 e. The fraction of sp³-hybridized carbons (Fsp3) is 0.300. The van der Waals surface area contributed by atoms with Gasteiger partial charge in [-0.1, -0.05) is 29.8 Å². The van der Waals surface area contributed by atoms with Gasteiger partial charge in [0.2, 0.25) is 5.91 Å². The molecule has 142 valence electrons. The van der Waals surface area contributed by atoms with Crippen molar-refractivity contribution in [3.63, 3.8) is 0 Å². The van der Waals surface area contributed by atoms with Gasteiger partial charge in [0, 0.05) is 30.4 Å². The molecule has 27 heavy (non-hydrogen) atoms. The van der Waals surface area contributed by atoms with Crippen molar-refractivity contribution in [3.05, 3.63) is 64.9 Å². The van der Waals surface area contributed by atoms with E-state index in [0.717, 1.165) is 25.9 Å². The fourth-order valence-corrected chi connectivity index (χ4v) is 3.25. The van der Waals surface area contributed by atoms with Gasteiger partial charge in [0.25, 0.3) is 5.91 Å². The molecule has 0 bridgehead atoms. The highest BCUT2D eigenvalue weighted by Crippen LogP contribution is 2.19. The zero-order valence-electron chi connectivity index (χ0n) is 14.8. The van der Waals surface area contributed by atoms with Crippen molar-refractivity contribution in [2.45, 2.75) is 18.9 Å². The molecule has 7 heteroatoms. The number of anilines is 1. The van der Waals surface area contributed by atoms with Crippen molar-refractivity contribution in [1.29, 1.82) is 0 Å². The second-order valence-corrected chi connectivity index (χ2v) is 6.97. The number of nitrogens with one attached hydrogen (secondary N) is 2. The van der Waals surface area contributed by atoms with E-state index >= 15 is 0 Å². The first kappa shape index (κ1) is 19.3. The van der Waals surface area contributed by atoms with E-state index in [-0.39, 0.29) is 29.4 Å². The summed E-state index contributed by atoms with van der Waals surface area (Å²) < 4.78 is 13.2. The molecule has 0 radical (unpaired) electrons. The number of likely N-dealkylation sites (tertiary alicyclic amines) is 1. The lowest BCUT2D eigenvalue weighted by Gasteiger charge is -2.31. The Bertz CT molecular complexity index is 808. The van der Waals surface area contributed by atoms with Gasteiger partial charge >= 0.3 is 0 Å². The summed E-state index contributed by atoms with van der Waals surface area (Å²) >= 11 is 5.72. The number of carbonyl (C=O) groups excluding carboxylic acids is 2. The van der Waals surface area contributed by atoms with Crippen LogP contribution in [0.15, 0.2) is 48.5 Å². The van der Waals surface area contributed by atoms with Gasteiger partial charge in [-0.25, -0.2) is 4.39 Å². The zero-order valence-corrected chi connectivity index (χ0v) is 15.5. The zero-order chi connectivity index (χ0) is 19.2. The van der Waals surface area contributed by atoms with Crippen LogP contribution < -0.4 is 10.6 Å². The summed E-state index contributed by atoms with van der Waals surface area (Å²) in [5, 5.41) is 5.74. The number of hydrogen-bond donors (Lipinski definition) is 2. The highest BCUT2D eigenvalue weighted by Gasteiger charge is 2.22. The summed E-state index contributed by atoms with van der Waals surface area (Å²) in [4.78, 5) is 26.4. The van der Waals surface area contributed by atoms with E-state index in [1.807, 2.05) is 23.1 Å². The molecule has 2 aromatic rings. The summed E-state index contributed by atoms with van der Waals surface area (Å²) in [5.74, 6) is -0.765. The van der Waals surface area contributed by atoms with Gasteiger partial charge in [-0.2, -0.15) is 0 Å². The first-order valence-corrected chi connectivity index (χ1v) is 9.22. The van der Waals surface area contributed by atoms with Crippen LogP contribution >= 0.6 is 11.6 Å². The molecule has 0 aliphatic carbocycles. The predicted octanol–water partition coefficient (Wildman–Crippen LogP) is 3.31. The Morgan fingerprint density at radius 1 is 1.11 bits per heavy atom. The lowest BCUT2D eigenvalue weighted by atomic mass is 10.0. The molecule has 1 heterocycles. The third kappa shape index (κ3) is 5.52. The fourth-order valence-electron chi connectivity index (χ4n) is 3.07. The number of benzene rings is 2. The Morgan fingerprint density at radius 2 is 1.81 bits per heavy atom.